The predicted molar refractivity (Wildman–Crippen MR) is 287 cm³/mol. The molecule has 0 aliphatic heterocycles. The standard InChI is InChI=1S/C62H38N4S2/c1-3-16-39(17-4-1)41-30-34-43(35-31-41)61-63-55(59-57(65-61)51-26-11-13-28-53(51)67-59)46-21-15-20-45(38-46)47-22-7-8-23-48(47)49-24-9-10-25-50(49)56-60-58(52-27-12-14-29-54(52)68-60)66-62(64-56)44-36-32-42(33-37-44)40-18-5-2-6-19-40/h1-38H. The summed E-state index contributed by atoms with van der Waals surface area (Å²) in [5.74, 6) is 1.41. The van der Waals surface area contributed by atoms with Crippen LogP contribution in [0.15, 0.2) is 231 Å². The summed E-state index contributed by atoms with van der Waals surface area (Å²) in [6, 6.07) is 81.5. The van der Waals surface area contributed by atoms with Crippen LogP contribution in [0.3, 0.4) is 0 Å². The van der Waals surface area contributed by atoms with Crippen LogP contribution < -0.4 is 0 Å². The van der Waals surface area contributed by atoms with Crippen molar-refractivity contribution in [2.45, 2.75) is 0 Å². The minimum Gasteiger partial charge on any atom is -0.226 e. The molecule has 0 bridgehead atoms. The third kappa shape index (κ3) is 7.06. The monoisotopic (exact) mass is 902 g/mol. The van der Waals surface area contributed by atoms with Crippen molar-refractivity contribution < 1.29 is 0 Å². The van der Waals surface area contributed by atoms with Crippen molar-refractivity contribution in [3.05, 3.63) is 231 Å². The maximum atomic E-state index is 5.47. The number of hydrogen-bond acceptors (Lipinski definition) is 6. The third-order valence-corrected chi connectivity index (χ3v) is 15.1. The Hall–Kier alpha value is -8.42. The molecule has 0 N–H and O–H groups in total. The topological polar surface area (TPSA) is 51.6 Å². The van der Waals surface area contributed by atoms with Gasteiger partial charge in [0.25, 0.3) is 0 Å². The molecule has 318 valence electrons. The molecule has 0 aliphatic carbocycles. The van der Waals surface area contributed by atoms with Crippen LogP contribution in [0.5, 0.6) is 0 Å². The fourth-order valence-corrected chi connectivity index (χ4v) is 11.7. The summed E-state index contributed by atoms with van der Waals surface area (Å²) in [7, 11) is 0. The van der Waals surface area contributed by atoms with E-state index in [4.69, 9.17) is 19.9 Å². The lowest BCUT2D eigenvalue weighted by Crippen LogP contribution is -1.96. The van der Waals surface area contributed by atoms with Gasteiger partial charge in [0.05, 0.1) is 31.8 Å². The van der Waals surface area contributed by atoms with Gasteiger partial charge in [0.1, 0.15) is 0 Å². The van der Waals surface area contributed by atoms with Gasteiger partial charge in [0, 0.05) is 42.4 Å². The van der Waals surface area contributed by atoms with Crippen LogP contribution in [0.1, 0.15) is 0 Å². The lowest BCUT2D eigenvalue weighted by Gasteiger charge is -2.16. The van der Waals surface area contributed by atoms with E-state index in [-0.39, 0.29) is 0 Å². The molecule has 0 fully saturated rings. The van der Waals surface area contributed by atoms with Gasteiger partial charge in [-0.15, -0.1) is 22.7 Å². The van der Waals surface area contributed by atoms with Crippen LogP contribution in [0.2, 0.25) is 0 Å². The molecule has 0 saturated carbocycles. The molecule has 68 heavy (non-hydrogen) atoms. The van der Waals surface area contributed by atoms with Crippen molar-refractivity contribution >= 4 is 63.3 Å². The van der Waals surface area contributed by atoms with Crippen LogP contribution in [-0.2, 0) is 0 Å². The van der Waals surface area contributed by atoms with E-state index >= 15 is 0 Å². The van der Waals surface area contributed by atoms with Gasteiger partial charge in [-0.3, -0.25) is 0 Å². The highest BCUT2D eigenvalue weighted by molar-refractivity contribution is 7.26. The van der Waals surface area contributed by atoms with Gasteiger partial charge in [0.2, 0.25) is 0 Å². The second-order valence-electron chi connectivity index (χ2n) is 16.9. The van der Waals surface area contributed by atoms with Gasteiger partial charge < -0.3 is 0 Å². The molecule has 4 heterocycles. The third-order valence-electron chi connectivity index (χ3n) is 12.8. The lowest BCUT2D eigenvalue weighted by atomic mass is 9.90. The average molecular weight is 903 g/mol. The molecule has 13 aromatic rings. The van der Waals surface area contributed by atoms with E-state index in [2.05, 4.69) is 218 Å². The first-order valence-electron chi connectivity index (χ1n) is 22.7. The van der Waals surface area contributed by atoms with E-state index in [9.17, 15) is 0 Å². The summed E-state index contributed by atoms with van der Waals surface area (Å²) in [5.41, 5.74) is 17.0. The van der Waals surface area contributed by atoms with Crippen molar-refractivity contribution in [2.75, 3.05) is 0 Å². The highest BCUT2D eigenvalue weighted by Gasteiger charge is 2.22. The van der Waals surface area contributed by atoms with Crippen LogP contribution in [0.25, 0.3) is 130 Å². The van der Waals surface area contributed by atoms with Crippen LogP contribution in [0, 0.1) is 0 Å². The summed E-state index contributed by atoms with van der Waals surface area (Å²) in [6.45, 7) is 0. The molecule has 6 heteroatoms. The molecule has 4 aromatic heterocycles. The Morgan fingerprint density at radius 3 is 1.19 bits per heavy atom. The molecular weight excluding hydrogens is 865 g/mol. The quantitative estimate of drug-likeness (QED) is 0.152. The minimum atomic E-state index is 0.704. The Morgan fingerprint density at radius 1 is 0.250 bits per heavy atom. The van der Waals surface area contributed by atoms with Gasteiger partial charge in [0.15, 0.2) is 11.6 Å². The number of benzene rings is 9. The number of fused-ring (bicyclic) bond motifs is 6. The molecule has 0 atom stereocenters. The maximum absolute atomic E-state index is 5.47. The van der Waals surface area contributed by atoms with Crippen molar-refractivity contribution in [1.29, 1.82) is 0 Å². The molecule has 4 nitrogen and oxygen atoms in total. The summed E-state index contributed by atoms with van der Waals surface area (Å²) >= 11 is 3.51. The second kappa shape index (κ2) is 16.8. The normalized spacial score (nSPS) is 11.5. The SMILES string of the molecule is c1ccc(-c2ccc(-c3nc(-c4cccc(-c5ccccc5-c5ccccc5-c5nc(-c6ccc(-c7ccccc7)cc6)nc6c5sc5ccccc56)c4)c4sc5ccccc5c4n3)cc2)cc1. The smallest absolute Gasteiger partial charge is 0.160 e. The van der Waals surface area contributed by atoms with Crippen molar-refractivity contribution in [3.8, 4) is 89.8 Å². The zero-order chi connectivity index (χ0) is 45.0. The number of nitrogens with zero attached hydrogens (tertiary/aromatic N) is 4. The molecule has 0 spiro atoms. The zero-order valence-electron chi connectivity index (χ0n) is 36.5. The first-order chi connectivity index (χ1) is 33.7. The summed E-state index contributed by atoms with van der Waals surface area (Å²) in [5, 5.41) is 2.28. The highest BCUT2D eigenvalue weighted by Crippen LogP contribution is 2.45. The maximum Gasteiger partial charge on any atom is 0.160 e. The summed E-state index contributed by atoms with van der Waals surface area (Å²) in [4.78, 5) is 21.4. The van der Waals surface area contributed by atoms with Crippen molar-refractivity contribution in [1.82, 2.24) is 19.9 Å². The average Bonchev–Trinajstić information content (AvgIpc) is 4.00. The number of rotatable bonds is 8. The molecule has 9 aromatic carbocycles. The molecule has 0 radical (unpaired) electrons. The van der Waals surface area contributed by atoms with Crippen molar-refractivity contribution in [2.24, 2.45) is 0 Å². The van der Waals surface area contributed by atoms with Gasteiger partial charge >= 0.3 is 0 Å². The number of hydrogen-bond donors (Lipinski definition) is 0. The largest absolute Gasteiger partial charge is 0.226 e. The predicted octanol–water partition coefficient (Wildman–Crippen LogP) is 17.3. The van der Waals surface area contributed by atoms with Gasteiger partial charge in [-0.25, -0.2) is 19.9 Å². The van der Waals surface area contributed by atoms with Crippen LogP contribution in [-0.4, -0.2) is 19.9 Å². The highest BCUT2D eigenvalue weighted by atomic mass is 32.1. The Bertz CT molecular complexity index is 4010. The Labute approximate surface area is 401 Å². The van der Waals surface area contributed by atoms with Crippen molar-refractivity contribution in [3.63, 3.8) is 0 Å². The lowest BCUT2D eigenvalue weighted by molar-refractivity contribution is 1.24. The Balaban J connectivity index is 0.943. The molecule has 0 amide bonds. The van der Waals surface area contributed by atoms with E-state index in [0.29, 0.717) is 11.6 Å². The Kier molecular flexibility index (Phi) is 9.85. The van der Waals surface area contributed by atoms with E-state index < -0.39 is 0 Å². The molecule has 13 rings (SSSR count). The second-order valence-corrected chi connectivity index (χ2v) is 19.0. The van der Waals surface area contributed by atoms with Gasteiger partial charge in [-0.05, 0) is 62.7 Å². The molecule has 0 aliphatic rings. The zero-order valence-corrected chi connectivity index (χ0v) is 38.2. The molecular formula is C62H38N4S2. The Morgan fingerprint density at radius 2 is 0.632 bits per heavy atom. The van der Waals surface area contributed by atoms with E-state index in [1.165, 1.54) is 20.5 Å². The fraction of sp³-hybridized carbons (Fsp3) is 0. The van der Waals surface area contributed by atoms with Gasteiger partial charge in [-0.2, -0.15) is 0 Å². The van der Waals surface area contributed by atoms with Gasteiger partial charge in [-0.1, -0.05) is 212 Å². The number of aromatic nitrogens is 4. The first-order valence-corrected chi connectivity index (χ1v) is 24.3. The summed E-state index contributed by atoms with van der Waals surface area (Å²) in [6.07, 6.45) is 0. The van der Waals surface area contributed by atoms with Crippen LogP contribution in [0.4, 0.5) is 0 Å². The van der Waals surface area contributed by atoms with E-state index in [1.807, 2.05) is 12.1 Å². The van der Waals surface area contributed by atoms with E-state index in [0.717, 1.165) is 98.2 Å². The molecule has 0 saturated heterocycles. The number of thiophene rings is 2. The molecule has 0 unspecified atom stereocenters. The van der Waals surface area contributed by atoms with Crippen LogP contribution >= 0.6 is 22.7 Å². The summed E-state index contributed by atoms with van der Waals surface area (Å²) < 4.78 is 4.53. The minimum absolute atomic E-state index is 0.704. The van der Waals surface area contributed by atoms with E-state index in [1.54, 1.807) is 22.7 Å². The fourth-order valence-electron chi connectivity index (χ4n) is 9.43. The first kappa shape index (κ1) is 39.9.